The first-order valence-electron chi connectivity index (χ1n) is 5.76. The third-order valence-electron chi connectivity index (χ3n) is 2.46. The molecule has 0 heterocycles. The Labute approximate surface area is 135 Å². The SMILES string of the molecule is COc1c(Cl)ccc(Cl)c1C(=O)OCC[N+](C)(C)C.[Cl-]. The molecule has 0 aliphatic heterocycles. The number of ether oxygens (including phenoxy) is 2. The topological polar surface area (TPSA) is 35.5 Å². The van der Waals surface area contributed by atoms with Gasteiger partial charge in [0.1, 0.15) is 18.7 Å². The summed E-state index contributed by atoms with van der Waals surface area (Å²) in [6.45, 7) is 1.00. The lowest BCUT2D eigenvalue weighted by Crippen LogP contribution is -3.00. The van der Waals surface area contributed by atoms with Gasteiger partial charge in [-0.05, 0) is 12.1 Å². The second kappa shape index (κ2) is 7.93. The van der Waals surface area contributed by atoms with Gasteiger partial charge >= 0.3 is 5.97 Å². The lowest BCUT2D eigenvalue weighted by atomic mass is 10.2. The van der Waals surface area contributed by atoms with E-state index in [1.165, 1.54) is 7.11 Å². The van der Waals surface area contributed by atoms with Crippen molar-refractivity contribution in [2.75, 3.05) is 41.4 Å². The summed E-state index contributed by atoms with van der Waals surface area (Å²) in [6, 6.07) is 3.12. The molecule has 1 aromatic rings. The van der Waals surface area contributed by atoms with Crippen molar-refractivity contribution in [2.45, 2.75) is 0 Å². The second-order valence-electron chi connectivity index (χ2n) is 5.09. The molecule has 0 radical (unpaired) electrons. The third kappa shape index (κ3) is 5.37. The number of halogens is 3. The van der Waals surface area contributed by atoms with Gasteiger partial charge in [-0.15, -0.1) is 0 Å². The van der Waals surface area contributed by atoms with Gasteiger partial charge in [0.2, 0.25) is 0 Å². The summed E-state index contributed by atoms with van der Waals surface area (Å²) >= 11 is 12.0. The van der Waals surface area contributed by atoms with Crippen LogP contribution in [0.5, 0.6) is 5.75 Å². The highest BCUT2D eigenvalue weighted by molar-refractivity contribution is 6.37. The van der Waals surface area contributed by atoms with E-state index in [0.29, 0.717) is 22.7 Å². The molecule has 0 atom stereocenters. The maximum atomic E-state index is 12.0. The summed E-state index contributed by atoms with van der Waals surface area (Å²) < 4.78 is 11.0. The van der Waals surface area contributed by atoms with Crippen molar-refractivity contribution in [3.63, 3.8) is 0 Å². The van der Waals surface area contributed by atoms with E-state index in [4.69, 9.17) is 32.7 Å². The van der Waals surface area contributed by atoms with E-state index in [9.17, 15) is 4.79 Å². The Morgan fingerprint density at radius 3 is 2.25 bits per heavy atom. The smallest absolute Gasteiger partial charge is 0.343 e. The van der Waals surface area contributed by atoms with Crippen molar-refractivity contribution in [2.24, 2.45) is 0 Å². The molecule has 0 saturated carbocycles. The van der Waals surface area contributed by atoms with E-state index in [1.54, 1.807) is 12.1 Å². The Morgan fingerprint density at radius 2 is 1.75 bits per heavy atom. The minimum Gasteiger partial charge on any atom is -1.00 e. The van der Waals surface area contributed by atoms with Gasteiger partial charge in [0.25, 0.3) is 0 Å². The van der Waals surface area contributed by atoms with Gasteiger partial charge in [0.15, 0.2) is 5.75 Å². The van der Waals surface area contributed by atoms with Gasteiger partial charge in [0.05, 0.1) is 38.3 Å². The zero-order valence-corrected chi connectivity index (χ0v) is 14.1. The molecule has 0 bridgehead atoms. The maximum absolute atomic E-state index is 12.0. The highest BCUT2D eigenvalue weighted by atomic mass is 35.5. The van der Waals surface area contributed by atoms with Gasteiger partial charge in [-0.25, -0.2) is 4.79 Å². The highest BCUT2D eigenvalue weighted by Crippen LogP contribution is 2.34. The van der Waals surface area contributed by atoms with Crippen LogP contribution in [0.2, 0.25) is 10.0 Å². The molecule has 0 saturated heterocycles. The molecule has 0 amide bonds. The number of hydrogen-bond acceptors (Lipinski definition) is 3. The van der Waals surface area contributed by atoms with Crippen LogP contribution < -0.4 is 17.1 Å². The van der Waals surface area contributed by atoms with Crippen molar-refractivity contribution in [1.29, 1.82) is 0 Å². The first kappa shape index (κ1) is 19.3. The summed E-state index contributed by atoms with van der Waals surface area (Å²) in [5.74, 6) is -0.290. The Bertz CT molecular complexity index is 473. The molecule has 0 unspecified atom stereocenters. The van der Waals surface area contributed by atoms with Crippen LogP contribution in [0.3, 0.4) is 0 Å². The summed E-state index contributed by atoms with van der Waals surface area (Å²) in [5, 5.41) is 0.585. The number of methoxy groups -OCH3 is 1. The number of rotatable bonds is 5. The van der Waals surface area contributed by atoms with Crippen LogP contribution in [0.15, 0.2) is 12.1 Å². The molecule has 1 aromatic carbocycles. The van der Waals surface area contributed by atoms with E-state index in [2.05, 4.69) is 0 Å². The van der Waals surface area contributed by atoms with Gasteiger partial charge in [-0.3, -0.25) is 0 Å². The predicted octanol–water partition coefficient (Wildman–Crippen LogP) is -0.131. The van der Waals surface area contributed by atoms with E-state index in [1.807, 2.05) is 21.1 Å². The van der Waals surface area contributed by atoms with Crippen molar-refractivity contribution >= 4 is 29.2 Å². The Hall–Kier alpha value is -0.680. The van der Waals surface area contributed by atoms with Crippen LogP contribution in [0, 0.1) is 0 Å². The molecular formula is C13H18Cl3NO3. The number of quaternary nitrogens is 1. The third-order valence-corrected chi connectivity index (χ3v) is 3.07. The van der Waals surface area contributed by atoms with Crippen LogP contribution in [-0.4, -0.2) is 51.9 Å². The molecule has 20 heavy (non-hydrogen) atoms. The predicted molar refractivity (Wildman–Crippen MR) is 76.2 cm³/mol. The molecule has 0 aliphatic carbocycles. The number of carbonyl (C=O) groups is 1. The molecule has 4 nitrogen and oxygen atoms in total. The van der Waals surface area contributed by atoms with Gasteiger partial charge in [0, 0.05) is 0 Å². The minimum absolute atomic E-state index is 0. The van der Waals surface area contributed by atoms with Crippen LogP contribution in [0.4, 0.5) is 0 Å². The molecule has 1 rings (SSSR count). The van der Waals surface area contributed by atoms with Crippen molar-refractivity contribution in [3.8, 4) is 5.75 Å². The quantitative estimate of drug-likeness (QED) is 0.552. The van der Waals surface area contributed by atoms with E-state index < -0.39 is 5.97 Å². The van der Waals surface area contributed by atoms with Crippen LogP contribution >= 0.6 is 23.2 Å². The van der Waals surface area contributed by atoms with E-state index in [0.717, 1.165) is 0 Å². The number of carbonyl (C=O) groups excluding carboxylic acids is 1. The Kier molecular flexibility index (Phi) is 7.66. The van der Waals surface area contributed by atoms with Crippen molar-refractivity contribution < 1.29 is 31.2 Å². The van der Waals surface area contributed by atoms with Gasteiger partial charge in [-0.2, -0.15) is 0 Å². The average Bonchev–Trinajstić information content (AvgIpc) is 2.29. The standard InChI is InChI=1S/C13H18Cl2NO3.ClH/c1-16(2,3)7-8-19-13(17)11-9(14)5-6-10(15)12(11)18-4;/h5-6H,7-8H2,1-4H3;1H/q+1;/p-1. The number of nitrogens with zero attached hydrogens (tertiary/aromatic N) is 1. The minimum atomic E-state index is -0.530. The largest absolute Gasteiger partial charge is 1.00 e. The fourth-order valence-electron chi connectivity index (χ4n) is 1.41. The summed E-state index contributed by atoms with van der Waals surface area (Å²) in [5.41, 5.74) is 0.165. The maximum Gasteiger partial charge on any atom is 0.343 e. The molecule has 114 valence electrons. The van der Waals surface area contributed by atoms with Crippen LogP contribution in [-0.2, 0) is 4.74 Å². The molecule has 0 spiro atoms. The molecule has 0 fully saturated rings. The molecule has 7 heteroatoms. The summed E-state index contributed by atoms with van der Waals surface area (Å²) in [6.07, 6.45) is 0. The van der Waals surface area contributed by atoms with Crippen molar-refractivity contribution in [1.82, 2.24) is 0 Å². The zero-order valence-electron chi connectivity index (χ0n) is 11.9. The number of likely N-dealkylation sites (N-methyl/N-ethyl adjacent to an activating group) is 1. The normalized spacial score (nSPS) is 10.7. The number of benzene rings is 1. The fraction of sp³-hybridized carbons (Fsp3) is 0.462. The lowest BCUT2D eigenvalue weighted by molar-refractivity contribution is -0.870. The molecular weight excluding hydrogens is 325 g/mol. The Balaban J connectivity index is 0.00000361. The molecule has 0 aromatic heterocycles. The van der Waals surface area contributed by atoms with Crippen LogP contribution in [0.25, 0.3) is 0 Å². The van der Waals surface area contributed by atoms with Gasteiger partial charge in [-0.1, -0.05) is 23.2 Å². The number of hydrogen-bond donors (Lipinski definition) is 0. The lowest BCUT2D eigenvalue weighted by Gasteiger charge is -2.23. The molecule has 0 aliphatic rings. The average molecular weight is 343 g/mol. The number of esters is 1. The Morgan fingerprint density at radius 1 is 1.20 bits per heavy atom. The van der Waals surface area contributed by atoms with Gasteiger partial charge < -0.3 is 26.4 Å². The summed E-state index contributed by atoms with van der Waals surface area (Å²) in [7, 11) is 7.47. The first-order chi connectivity index (χ1) is 8.76. The monoisotopic (exact) mass is 341 g/mol. The zero-order chi connectivity index (χ0) is 14.6. The van der Waals surface area contributed by atoms with Crippen molar-refractivity contribution in [3.05, 3.63) is 27.7 Å². The van der Waals surface area contributed by atoms with E-state index in [-0.39, 0.29) is 28.7 Å². The van der Waals surface area contributed by atoms with E-state index >= 15 is 0 Å². The molecule has 0 N–H and O–H groups in total. The highest BCUT2D eigenvalue weighted by Gasteiger charge is 2.21. The second-order valence-corrected chi connectivity index (χ2v) is 5.90. The fourth-order valence-corrected chi connectivity index (χ4v) is 1.87. The summed E-state index contributed by atoms with van der Waals surface area (Å²) in [4.78, 5) is 12.0. The van der Waals surface area contributed by atoms with Crippen LogP contribution in [0.1, 0.15) is 10.4 Å². The first-order valence-corrected chi connectivity index (χ1v) is 6.51.